The van der Waals surface area contributed by atoms with Gasteiger partial charge in [0.15, 0.2) is 5.96 Å². The third kappa shape index (κ3) is 4.84. The van der Waals surface area contributed by atoms with Crippen LogP contribution in [0.5, 0.6) is 0 Å². The SMILES string of the molecule is CCNC(=NCC(C)CN1CCCC1)NCCN1C(=O)C2C3C=CC(C3)C2C1=O.I. The van der Waals surface area contributed by atoms with Crippen molar-refractivity contribution in [3.8, 4) is 0 Å². The van der Waals surface area contributed by atoms with Crippen molar-refractivity contribution in [2.45, 2.75) is 33.1 Å². The number of nitrogens with zero attached hydrogens (tertiary/aromatic N) is 3. The van der Waals surface area contributed by atoms with Gasteiger partial charge in [0.1, 0.15) is 0 Å². The van der Waals surface area contributed by atoms with E-state index in [4.69, 9.17) is 4.99 Å². The molecule has 2 bridgehead atoms. The highest BCUT2D eigenvalue weighted by Gasteiger charge is 2.58. The van der Waals surface area contributed by atoms with Gasteiger partial charge in [0, 0.05) is 32.7 Å². The monoisotopic (exact) mass is 529 g/mol. The van der Waals surface area contributed by atoms with Crippen LogP contribution in [0.1, 0.15) is 33.1 Å². The molecule has 5 atom stereocenters. The molecule has 30 heavy (non-hydrogen) atoms. The second-order valence-corrected chi connectivity index (χ2v) is 9.09. The van der Waals surface area contributed by atoms with Crippen LogP contribution in [-0.4, -0.2) is 73.4 Å². The van der Waals surface area contributed by atoms with E-state index < -0.39 is 0 Å². The van der Waals surface area contributed by atoms with E-state index in [0.29, 0.717) is 19.0 Å². The molecule has 0 radical (unpaired) electrons. The fourth-order valence-corrected chi connectivity index (χ4v) is 5.52. The molecular weight excluding hydrogens is 493 g/mol. The highest BCUT2D eigenvalue weighted by molar-refractivity contribution is 14.0. The van der Waals surface area contributed by atoms with Crippen molar-refractivity contribution in [1.82, 2.24) is 20.4 Å². The number of hydrogen-bond acceptors (Lipinski definition) is 4. The average Bonchev–Trinajstić information content (AvgIpc) is 3.48. The van der Waals surface area contributed by atoms with Gasteiger partial charge in [-0.3, -0.25) is 19.5 Å². The van der Waals surface area contributed by atoms with E-state index in [0.717, 1.165) is 32.0 Å². The molecule has 3 fully saturated rings. The summed E-state index contributed by atoms with van der Waals surface area (Å²) >= 11 is 0. The van der Waals surface area contributed by atoms with Crippen molar-refractivity contribution in [1.29, 1.82) is 0 Å². The molecule has 4 rings (SSSR count). The zero-order valence-electron chi connectivity index (χ0n) is 18.2. The van der Waals surface area contributed by atoms with Gasteiger partial charge in [0.2, 0.25) is 11.8 Å². The molecule has 0 aromatic rings. The molecule has 5 unspecified atom stereocenters. The molecule has 2 heterocycles. The summed E-state index contributed by atoms with van der Waals surface area (Å²) in [5, 5.41) is 6.58. The topological polar surface area (TPSA) is 77.0 Å². The number of aliphatic imine (C=N–C) groups is 1. The van der Waals surface area contributed by atoms with E-state index >= 15 is 0 Å². The van der Waals surface area contributed by atoms with Gasteiger partial charge >= 0.3 is 0 Å². The van der Waals surface area contributed by atoms with Gasteiger partial charge in [-0.05, 0) is 57.0 Å². The molecule has 0 aromatic carbocycles. The number of fused-ring (bicyclic) bond motifs is 5. The minimum atomic E-state index is -0.106. The van der Waals surface area contributed by atoms with E-state index in [2.05, 4.69) is 34.6 Å². The van der Waals surface area contributed by atoms with Crippen LogP contribution in [-0.2, 0) is 9.59 Å². The maximum Gasteiger partial charge on any atom is 0.233 e. The molecule has 2 amide bonds. The predicted octanol–water partition coefficient (Wildman–Crippen LogP) is 1.70. The highest BCUT2D eigenvalue weighted by atomic mass is 127. The lowest BCUT2D eigenvalue weighted by Crippen LogP contribution is -2.44. The lowest BCUT2D eigenvalue weighted by atomic mass is 9.85. The van der Waals surface area contributed by atoms with Gasteiger partial charge in [-0.15, -0.1) is 24.0 Å². The third-order valence-corrected chi connectivity index (χ3v) is 6.86. The van der Waals surface area contributed by atoms with Gasteiger partial charge in [-0.2, -0.15) is 0 Å². The predicted molar refractivity (Wildman–Crippen MR) is 129 cm³/mol. The van der Waals surface area contributed by atoms with Gasteiger partial charge < -0.3 is 15.5 Å². The molecule has 8 heteroatoms. The number of carbonyl (C=O) groups is 2. The van der Waals surface area contributed by atoms with Crippen molar-refractivity contribution >= 4 is 41.8 Å². The highest BCUT2D eigenvalue weighted by Crippen LogP contribution is 2.52. The van der Waals surface area contributed by atoms with Crippen LogP contribution in [0.15, 0.2) is 17.1 Å². The van der Waals surface area contributed by atoms with E-state index in [-0.39, 0.29) is 59.5 Å². The minimum Gasteiger partial charge on any atom is -0.357 e. The van der Waals surface area contributed by atoms with Gasteiger partial charge in [-0.1, -0.05) is 19.1 Å². The van der Waals surface area contributed by atoms with Crippen molar-refractivity contribution in [2.75, 3.05) is 45.8 Å². The summed E-state index contributed by atoms with van der Waals surface area (Å²) in [6.45, 7) is 10.3. The lowest BCUT2D eigenvalue weighted by Gasteiger charge is -2.20. The number of likely N-dealkylation sites (tertiary alicyclic amines) is 2. The van der Waals surface area contributed by atoms with Crippen LogP contribution < -0.4 is 10.6 Å². The molecule has 2 N–H and O–H groups in total. The number of rotatable bonds is 8. The third-order valence-electron chi connectivity index (χ3n) is 6.86. The van der Waals surface area contributed by atoms with Crippen LogP contribution in [0.3, 0.4) is 0 Å². The largest absolute Gasteiger partial charge is 0.357 e. The Morgan fingerprint density at radius 2 is 1.77 bits per heavy atom. The van der Waals surface area contributed by atoms with Crippen molar-refractivity contribution < 1.29 is 9.59 Å². The van der Waals surface area contributed by atoms with Gasteiger partial charge in [0.05, 0.1) is 11.8 Å². The Labute approximate surface area is 197 Å². The first kappa shape index (κ1) is 23.5. The Bertz CT molecular complexity index is 661. The minimum absolute atomic E-state index is 0. The Morgan fingerprint density at radius 1 is 1.13 bits per heavy atom. The molecule has 2 saturated heterocycles. The number of allylic oxidation sites excluding steroid dienone is 2. The number of amides is 2. The first-order valence-corrected chi connectivity index (χ1v) is 11.4. The quantitative estimate of drug-likeness (QED) is 0.165. The van der Waals surface area contributed by atoms with Gasteiger partial charge in [0.25, 0.3) is 0 Å². The van der Waals surface area contributed by atoms with Crippen molar-refractivity contribution in [3.05, 3.63) is 12.2 Å². The van der Waals surface area contributed by atoms with Crippen LogP contribution in [0.25, 0.3) is 0 Å². The summed E-state index contributed by atoms with van der Waals surface area (Å²) in [4.78, 5) is 34.2. The molecule has 168 valence electrons. The first-order chi connectivity index (χ1) is 14.1. The molecule has 0 aromatic heterocycles. The fourth-order valence-electron chi connectivity index (χ4n) is 5.52. The Morgan fingerprint density at radius 3 is 2.37 bits per heavy atom. The summed E-state index contributed by atoms with van der Waals surface area (Å²) in [6.07, 6.45) is 7.88. The fraction of sp³-hybridized carbons (Fsp3) is 0.773. The maximum absolute atomic E-state index is 12.8. The van der Waals surface area contributed by atoms with Crippen LogP contribution >= 0.6 is 24.0 Å². The maximum atomic E-state index is 12.8. The number of nitrogens with one attached hydrogen (secondary N) is 2. The zero-order valence-corrected chi connectivity index (χ0v) is 20.5. The van der Waals surface area contributed by atoms with Crippen LogP contribution in [0, 0.1) is 29.6 Å². The van der Waals surface area contributed by atoms with E-state index in [1.54, 1.807) is 0 Å². The summed E-state index contributed by atoms with van der Waals surface area (Å²) in [5.74, 6) is 1.66. The molecular formula is C22H36IN5O2. The molecule has 7 nitrogen and oxygen atoms in total. The summed E-state index contributed by atoms with van der Waals surface area (Å²) in [5.41, 5.74) is 0. The number of guanidine groups is 1. The number of carbonyl (C=O) groups excluding carboxylic acids is 2. The molecule has 4 aliphatic rings. The second kappa shape index (κ2) is 10.4. The van der Waals surface area contributed by atoms with E-state index in [9.17, 15) is 9.59 Å². The van der Waals surface area contributed by atoms with Crippen LogP contribution in [0.4, 0.5) is 0 Å². The Kier molecular flexibility index (Phi) is 8.17. The average molecular weight is 529 g/mol. The van der Waals surface area contributed by atoms with E-state index in [1.165, 1.54) is 30.8 Å². The molecule has 0 spiro atoms. The zero-order chi connectivity index (χ0) is 20.4. The Hall–Kier alpha value is -1.16. The lowest BCUT2D eigenvalue weighted by molar-refractivity contribution is -0.140. The number of halogens is 1. The summed E-state index contributed by atoms with van der Waals surface area (Å²) in [6, 6.07) is 0. The molecule has 2 aliphatic carbocycles. The second-order valence-electron chi connectivity index (χ2n) is 9.09. The molecule has 2 aliphatic heterocycles. The Balaban J connectivity index is 0.00000256. The normalized spacial score (nSPS) is 31.3. The van der Waals surface area contributed by atoms with E-state index in [1.807, 2.05) is 6.92 Å². The standard InChI is InChI=1S/C22H35N5O2.HI/c1-3-23-22(25-13-15(2)14-26-9-4-5-10-26)24-8-11-27-20(28)18-16-6-7-17(12-16)19(18)21(27)29;/h6-7,15-19H,3-5,8-14H2,1-2H3,(H2,23,24,25);1H. The van der Waals surface area contributed by atoms with Crippen molar-refractivity contribution in [3.63, 3.8) is 0 Å². The smallest absolute Gasteiger partial charge is 0.233 e. The van der Waals surface area contributed by atoms with Crippen LogP contribution in [0.2, 0.25) is 0 Å². The van der Waals surface area contributed by atoms with Gasteiger partial charge in [-0.25, -0.2) is 0 Å². The number of imide groups is 1. The first-order valence-electron chi connectivity index (χ1n) is 11.4. The number of hydrogen-bond donors (Lipinski definition) is 2. The molecule has 1 saturated carbocycles. The summed E-state index contributed by atoms with van der Waals surface area (Å²) in [7, 11) is 0. The van der Waals surface area contributed by atoms with Crippen molar-refractivity contribution in [2.24, 2.45) is 34.6 Å². The summed E-state index contributed by atoms with van der Waals surface area (Å²) < 4.78 is 0.